The molecule has 0 spiro atoms. The number of para-hydroxylation sites is 2. The van der Waals surface area contributed by atoms with Crippen molar-refractivity contribution in [3.05, 3.63) is 84.2 Å². The number of hydrogen-bond acceptors (Lipinski definition) is 6. The van der Waals surface area contributed by atoms with Crippen molar-refractivity contribution in [2.75, 3.05) is 30.4 Å². The summed E-state index contributed by atoms with van der Waals surface area (Å²) in [6, 6.07) is 16.5. The molecule has 0 aliphatic heterocycles. The molecule has 0 saturated carbocycles. The highest BCUT2D eigenvalue weighted by atomic mass is 32.2. The van der Waals surface area contributed by atoms with Crippen LogP contribution >= 0.6 is 0 Å². The van der Waals surface area contributed by atoms with E-state index in [0.29, 0.717) is 11.3 Å². The minimum absolute atomic E-state index is 0.139. The summed E-state index contributed by atoms with van der Waals surface area (Å²) in [5, 5.41) is 2.60. The molecule has 0 saturated heterocycles. The first-order valence-corrected chi connectivity index (χ1v) is 11.1. The van der Waals surface area contributed by atoms with E-state index in [0.717, 1.165) is 28.6 Å². The van der Waals surface area contributed by atoms with Gasteiger partial charge in [-0.3, -0.25) is 9.10 Å². The van der Waals surface area contributed by atoms with Gasteiger partial charge in [0, 0.05) is 5.69 Å². The number of methoxy groups -OCH3 is 2. The number of carbonyl (C=O) groups excluding carboxylic acids is 2. The number of rotatable bonds is 8. The molecular weight excluding hydrogens is 451 g/mol. The van der Waals surface area contributed by atoms with Gasteiger partial charge in [-0.15, -0.1) is 0 Å². The van der Waals surface area contributed by atoms with Gasteiger partial charge < -0.3 is 14.8 Å². The largest absolute Gasteiger partial charge is 0.495 e. The lowest BCUT2D eigenvalue weighted by Gasteiger charge is -2.25. The number of benzene rings is 3. The zero-order chi connectivity index (χ0) is 24.0. The van der Waals surface area contributed by atoms with Gasteiger partial charge in [0.1, 0.15) is 18.1 Å². The fraction of sp³-hybridized carbons (Fsp3) is 0.130. The summed E-state index contributed by atoms with van der Waals surface area (Å²) >= 11 is 0. The number of halogens is 1. The Bertz CT molecular complexity index is 1240. The lowest BCUT2D eigenvalue weighted by Crippen LogP contribution is -2.38. The van der Waals surface area contributed by atoms with Gasteiger partial charge in [0.05, 0.1) is 30.4 Å². The number of carbonyl (C=O) groups is 2. The quantitative estimate of drug-likeness (QED) is 0.504. The average Bonchev–Trinajstić information content (AvgIpc) is 2.82. The molecule has 3 rings (SSSR count). The molecule has 3 aromatic carbocycles. The molecule has 3 aromatic rings. The Balaban J connectivity index is 1.92. The van der Waals surface area contributed by atoms with Gasteiger partial charge in [-0.25, -0.2) is 17.6 Å². The van der Waals surface area contributed by atoms with E-state index in [9.17, 15) is 22.4 Å². The minimum atomic E-state index is -4.25. The number of sulfonamides is 1. The van der Waals surface area contributed by atoms with Gasteiger partial charge in [-0.05, 0) is 60.7 Å². The van der Waals surface area contributed by atoms with Crippen molar-refractivity contribution in [2.24, 2.45) is 0 Å². The molecule has 1 N–H and O–H groups in total. The highest BCUT2D eigenvalue weighted by Gasteiger charge is 2.29. The van der Waals surface area contributed by atoms with E-state index >= 15 is 0 Å². The number of nitrogens with one attached hydrogen (secondary N) is 1. The van der Waals surface area contributed by atoms with Crippen molar-refractivity contribution in [2.45, 2.75) is 4.90 Å². The first kappa shape index (κ1) is 23.7. The van der Waals surface area contributed by atoms with Crippen molar-refractivity contribution < 1.29 is 31.9 Å². The Hall–Kier alpha value is -3.92. The zero-order valence-electron chi connectivity index (χ0n) is 17.8. The van der Waals surface area contributed by atoms with E-state index in [1.165, 1.54) is 44.6 Å². The van der Waals surface area contributed by atoms with Gasteiger partial charge in [-0.1, -0.05) is 12.1 Å². The summed E-state index contributed by atoms with van der Waals surface area (Å²) < 4.78 is 50.9. The molecule has 0 aromatic heterocycles. The van der Waals surface area contributed by atoms with Crippen LogP contribution in [0.5, 0.6) is 5.75 Å². The second-order valence-corrected chi connectivity index (χ2v) is 8.62. The van der Waals surface area contributed by atoms with E-state index < -0.39 is 34.3 Å². The maximum atomic E-state index is 13.4. The summed E-state index contributed by atoms with van der Waals surface area (Å²) in [6.07, 6.45) is 0. The van der Waals surface area contributed by atoms with Crippen molar-refractivity contribution in [3.8, 4) is 5.75 Å². The topological polar surface area (TPSA) is 102 Å². The summed E-state index contributed by atoms with van der Waals surface area (Å²) in [4.78, 5) is 24.2. The predicted molar refractivity (Wildman–Crippen MR) is 120 cm³/mol. The molecule has 0 heterocycles. The van der Waals surface area contributed by atoms with Gasteiger partial charge in [0.2, 0.25) is 5.91 Å². The van der Waals surface area contributed by atoms with Gasteiger partial charge in [0.15, 0.2) is 0 Å². The van der Waals surface area contributed by atoms with Crippen LogP contribution < -0.4 is 14.4 Å². The van der Waals surface area contributed by atoms with Crippen LogP contribution in [-0.4, -0.2) is 41.1 Å². The fourth-order valence-electron chi connectivity index (χ4n) is 3.01. The maximum absolute atomic E-state index is 13.4. The summed E-state index contributed by atoms with van der Waals surface area (Å²) in [5.74, 6) is -1.53. The van der Waals surface area contributed by atoms with Gasteiger partial charge >= 0.3 is 5.97 Å². The number of esters is 1. The summed E-state index contributed by atoms with van der Waals surface area (Å²) in [6.45, 7) is -0.584. The molecule has 0 radical (unpaired) electrons. The fourth-order valence-corrected chi connectivity index (χ4v) is 4.44. The third-order valence-corrected chi connectivity index (χ3v) is 6.41. The normalized spacial score (nSPS) is 10.9. The Labute approximate surface area is 190 Å². The number of ether oxygens (including phenoxy) is 2. The summed E-state index contributed by atoms with van der Waals surface area (Å²) in [5.41, 5.74) is 0.789. The van der Waals surface area contributed by atoms with Crippen LogP contribution in [0.3, 0.4) is 0 Å². The molecule has 0 aliphatic rings. The standard InChI is InChI=1S/C23H21FN2O6S/c1-31-21-6-4-3-5-20(21)26(33(29,30)19-13-9-17(24)10-14-19)15-22(27)25-18-11-7-16(8-12-18)23(28)32-2/h3-14H,15H2,1-2H3,(H,25,27). The smallest absolute Gasteiger partial charge is 0.337 e. The van der Waals surface area contributed by atoms with E-state index in [-0.39, 0.29) is 16.3 Å². The lowest BCUT2D eigenvalue weighted by atomic mass is 10.2. The average molecular weight is 472 g/mol. The van der Waals surface area contributed by atoms with Gasteiger partial charge in [-0.2, -0.15) is 0 Å². The van der Waals surface area contributed by atoms with Gasteiger partial charge in [0.25, 0.3) is 10.0 Å². The molecule has 0 atom stereocenters. The second kappa shape index (κ2) is 10.1. The maximum Gasteiger partial charge on any atom is 0.337 e. The molecule has 33 heavy (non-hydrogen) atoms. The second-order valence-electron chi connectivity index (χ2n) is 6.75. The Morgan fingerprint density at radius 3 is 2.18 bits per heavy atom. The lowest BCUT2D eigenvalue weighted by molar-refractivity contribution is -0.114. The van der Waals surface area contributed by atoms with Crippen LogP contribution in [0.25, 0.3) is 0 Å². The molecule has 172 valence electrons. The van der Waals surface area contributed by atoms with Crippen LogP contribution in [0, 0.1) is 5.82 Å². The Kier molecular flexibility index (Phi) is 7.29. The zero-order valence-corrected chi connectivity index (χ0v) is 18.6. The predicted octanol–water partition coefficient (Wildman–Crippen LogP) is 3.45. The first-order chi connectivity index (χ1) is 15.8. The highest BCUT2D eigenvalue weighted by Crippen LogP contribution is 2.32. The van der Waals surface area contributed by atoms with Crippen LogP contribution in [0.15, 0.2) is 77.7 Å². The van der Waals surface area contributed by atoms with Crippen LogP contribution in [0.4, 0.5) is 15.8 Å². The van der Waals surface area contributed by atoms with Crippen molar-refractivity contribution >= 4 is 33.3 Å². The van der Waals surface area contributed by atoms with Crippen molar-refractivity contribution in [1.29, 1.82) is 0 Å². The monoisotopic (exact) mass is 472 g/mol. The summed E-state index contributed by atoms with van der Waals surface area (Å²) in [7, 11) is -1.61. The van der Waals surface area contributed by atoms with E-state index in [1.807, 2.05) is 0 Å². The van der Waals surface area contributed by atoms with E-state index in [4.69, 9.17) is 4.74 Å². The molecule has 8 nitrogen and oxygen atoms in total. The Morgan fingerprint density at radius 2 is 1.58 bits per heavy atom. The molecule has 10 heteroatoms. The molecule has 0 bridgehead atoms. The number of anilines is 2. The van der Waals surface area contributed by atoms with Crippen LogP contribution in [0.1, 0.15) is 10.4 Å². The SMILES string of the molecule is COC(=O)c1ccc(NC(=O)CN(c2ccccc2OC)S(=O)(=O)c2ccc(F)cc2)cc1. The third kappa shape index (κ3) is 5.47. The molecule has 0 aliphatic carbocycles. The molecule has 0 fully saturated rings. The molecular formula is C23H21FN2O6S. The minimum Gasteiger partial charge on any atom is -0.495 e. The molecule has 1 amide bonds. The molecule has 0 unspecified atom stereocenters. The number of amides is 1. The van der Waals surface area contributed by atoms with E-state index in [2.05, 4.69) is 10.1 Å². The third-order valence-electron chi connectivity index (χ3n) is 4.63. The van der Waals surface area contributed by atoms with E-state index in [1.54, 1.807) is 18.2 Å². The number of nitrogens with zero attached hydrogens (tertiary/aromatic N) is 1. The Morgan fingerprint density at radius 1 is 0.939 bits per heavy atom. The van der Waals surface area contributed by atoms with Crippen molar-refractivity contribution in [3.63, 3.8) is 0 Å². The highest BCUT2D eigenvalue weighted by molar-refractivity contribution is 7.92. The van der Waals surface area contributed by atoms with Crippen molar-refractivity contribution in [1.82, 2.24) is 0 Å². The van der Waals surface area contributed by atoms with Crippen LogP contribution in [-0.2, 0) is 19.6 Å². The number of hydrogen-bond donors (Lipinski definition) is 1. The van der Waals surface area contributed by atoms with Crippen LogP contribution in [0.2, 0.25) is 0 Å². The first-order valence-electron chi connectivity index (χ1n) is 9.66.